The lowest BCUT2D eigenvalue weighted by Gasteiger charge is -2.57. The summed E-state index contributed by atoms with van der Waals surface area (Å²) in [6.45, 7) is 0. The lowest BCUT2D eigenvalue weighted by molar-refractivity contribution is -0.0256. The van der Waals surface area contributed by atoms with Crippen LogP contribution >= 0.6 is 27.5 Å². The fraction of sp³-hybridized carbons (Fsp3) is 0.368. The number of benzene rings is 1. The van der Waals surface area contributed by atoms with Gasteiger partial charge in [0.25, 0.3) is 5.91 Å². The highest BCUT2D eigenvalue weighted by atomic mass is 79.9. The van der Waals surface area contributed by atoms with E-state index in [1.807, 2.05) is 18.2 Å². The molecule has 2 aliphatic carbocycles. The van der Waals surface area contributed by atoms with Gasteiger partial charge in [-0.2, -0.15) is 0 Å². The van der Waals surface area contributed by atoms with Crippen LogP contribution < -0.4 is 5.32 Å². The zero-order valence-electron chi connectivity index (χ0n) is 13.8. The molecule has 2 saturated carbocycles. The number of hydrogen-bond acceptors (Lipinski definition) is 4. The van der Waals surface area contributed by atoms with Crippen molar-refractivity contribution in [2.24, 2.45) is 5.41 Å². The summed E-state index contributed by atoms with van der Waals surface area (Å²) in [5.74, 6) is 1.34. The van der Waals surface area contributed by atoms with E-state index in [9.17, 15) is 4.79 Å². The van der Waals surface area contributed by atoms with Crippen molar-refractivity contribution in [1.82, 2.24) is 10.3 Å². The summed E-state index contributed by atoms with van der Waals surface area (Å²) in [6, 6.07) is 7.45. The smallest absolute Gasteiger partial charge is 0.288 e. The highest BCUT2D eigenvalue weighted by molar-refractivity contribution is 9.10. The van der Waals surface area contributed by atoms with Crippen LogP contribution in [0.25, 0.3) is 11.1 Å². The minimum atomic E-state index is -0.159. The first-order valence-electron chi connectivity index (χ1n) is 8.61. The number of nitrogens with one attached hydrogen (secondary N) is 1. The van der Waals surface area contributed by atoms with Gasteiger partial charge in [-0.25, -0.2) is 4.98 Å². The summed E-state index contributed by atoms with van der Waals surface area (Å²) >= 11 is 9.33. The van der Waals surface area contributed by atoms with Gasteiger partial charge >= 0.3 is 0 Å². The molecule has 0 saturated heterocycles. The number of carbonyl (C=O) groups excluding carboxylic acids is 1. The maximum absolute atomic E-state index is 12.2. The second kappa shape index (κ2) is 5.86. The van der Waals surface area contributed by atoms with E-state index >= 15 is 0 Å². The number of nitrogens with zero attached hydrogens (tertiary/aromatic N) is 1. The van der Waals surface area contributed by atoms with Crippen LogP contribution in [0.5, 0.6) is 0 Å². The minimum absolute atomic E-state index is 0.159. The van der Waals surface area contributed by atoms with Gasteiger partial charge in [0, 0.05) is 17.0 Å². The Balaban J connectivity index is 1.18. The molecule has 0 radical (unpaired) electrons. The van der Waals surface area contributed by atoms with Crippen LogP contribution in [0.1, 0.15) is 48.0 Å². The van der Waals surface area contributed by atoms with E-state index in [1.54, 1.807) is 6.07 Å². The van der Waals surface area contributed by atoms with E-state index in [0.717, 1.165) is 42.7 Å². The van der Waals surface area contributed by atoms with Gasteiger partial charge in [0.1, 0.15) is 5.52 Å². The molecule has 2 aliphatic rings. The van der Waals surface area contributed by atoms with Gasteiger partial charge in [0.15, 0.2) is 11.5 Å². The topological polar surface area (TPSA) is 68.3 Å². The van der Waals surface area contributed by atoms with Crippen molar-refractivity contribution in [2.75, 3.05) is 0 Å². The van der Waals surface area contributed by atoms with Gasteiger partial charge in [0.05, 0.1) is 10.7 Å². The quantitative estimate of drug-likeness (QED) is 0.607. The van der Waals surface area contributed by atoms with Crippen molar-refractivity contribution in [3.05, 3.63) is 51.7 Å². The molecule has 1 amide bonds. The Hall–Kier alpha value is -1.79. The number of aromatic nitrogens is 1. The number of rotatable bonds is 3. The van der Waals surface area contributed by atoms with Crippen LogP contribution in [-0.4, -0.2) is 16.9 Å². The van der Waals surface area contributed by atoms with Crippen LogP contribution in [0.4, 0.5) is 0 Å². The zero-order chi connectivity index (χ0) is 17.9. The van der Waals surface area contributed by atoms with E-state index in [2.05, 4.69) is 26.2 Å². The third-order valence-electron chi connectivity index (χ3n) is 5.59. The first kappa shape index (κ1) is 16.4. The number of carbonyl (C=O) groups is 1. The van der Waals surface area contributed by atoms with E-state index in [4.69, 9.17) is 20.4 Å². The average Bonchev–Trinajstić information content (AvgIpc) is 3.13. The molecule has 0 bridgehead atoms. The number of hydrogen-bond donors (Lipinski definition) is 1. The minimum Gasteiger partial charge on any atom is -0.458 e. The molecule has 1 spiro atoms. The first-order chi connectivity index (χ1) is 12.5. The predicted molar refractivity (Wildman–Crippen MR) is 100 cm³/mol. The third kappa shape index (κ3) is 2.67. The van der Waals surface area contributed by atoms with E-state index in [0.29, 0.717) is 26.6 Å². The lowest BCUT2D eigenvalue weighted by Crippen LogP contribution is -2.55. The molecule has 3 aromatic rings. The van der Waals surface area contributed by atoms with Crippen molar-refractivity contribution >= 4 is 44.5 Å². The van der Waals surface area contributed by atoms with Gasteiger partial charge in [0.2, 0.25) is 5.76 Å². The lowest BCUT2D eigenvalue weighted by atomic mass is 9.50. The molecule has 1 N–H and O–H groups in total. The molecular formula is C19H16BrClN2O3. The summed E-state index contributed by atoms with van der Waals surface area (Å²) in [4.78, 5) is 16.8. The van der Waals surface area contributed by atoms with Gasteiger partial charge < -0.3 is 14.2 Å². The van der Waals surface area contributed by atoms with Crippen molar-refractivity contribution < 1.29 is 13.6 Å². The molecule has 5 nitrogen and oxygen atoms in total. The number of fused-ring (bicyclic) bond motifs is 1. The van der Waals surface area contributed by atoms with Gasteiger partial charge in [-0.3, -0.25) is 4.79 Å². The maximum atomic E-state index is 12.2. The molecule has 0 atom stereocenters. The van der Waals surface area contributed by atoms with Gasteiger partial charge in [-0.05, 0) is 71.3 Å². The molecule has 5 rings (SSSR count). The fourth-order valence-corrected chi connectivity index (χ4v) is 4.93. The molecule has 26 heavy (non-hydrogen) atoms. The number of amides is 1. The first-order valence-corrected chi connectivity index (χ1v) is 9.78. The monoisotopic (exact) mass is 434 g/mol. The van der Waals surface area contributed by atoms with Crippen LogP contribution in [0.3, 0.4) is 0 Å². The average molecular weight is 436 g/mol. The van der Waals surface area contributed by atoms with Crippen LogP contribution in [0, 0.1) is 5.41 Å². The number of oxazole rings is 1. The summed E-state index contributed by atoms with van der Waals surface area (Å²) in [5, 5.41) is 3.72. The zero-order valence-corrected chi connectivity index (χ0v) is 16.1. The molecular weight excluding hydrogens is 420 g/mol. The summed E-state index contributed by atoms with van der Waals surface area (Å²) in [5.41, 5.74) is 1.92. The summed E-state index contributed by atoms with van der Waals surface area (Å²) in [6.07, 6.45) is 5.62. The fourth-order valence-electron chi connectivity index (χ4n) is 4.38. The molecule has 1 aromatic carbocycles. The molecule has 0 unspecified atom stereocenters. The Morgan fingerprint density at radius 2 is 2.08 bits per heavy atom. The highest BCUT2D eigenvalue weighted by Gasteiger charge is 2.54. The second-order valence-corrected chi connectivity index (χ2v) is 8.74. The molecule has 2 heterocycles. The molecule has 2 aromatic heterocycles. The molecule has 134 valence electrons. The van der Waals surface area contributed by atoms with Crippen molar-refractivity contribution in [1.29, 1.82) is 0 Å². The number of halogens is 2. The van der Waals surface area contributed by atoms with E-state index < -0.39 is 0 Å². The second-order valence-electron chi connectivity index (χ2n) is 7.45. The number of furan rings is 1. The largest absolute Gasteiger partial charge is 0.458 e. The Bertz CT molecular complexity index is 997. The van der Waals surface area contributed by atoms with Crippen LogP contribution in [-0.2, 0) is 0 Å². The Kier molecular flexibility index (Phi) is 3.69. The van der Waals surface area contributed by atoms with Gasteiger partial charge in [-0.1, -0.05) is 11.6 Å². The van der Waals surface area contributed by atoms with Crippen molar-refractivity contribution in [3.63, 3.8) is 0 Å². The predicted octanol–water partition coefficient (Wildman–Crippen LogP) is 5.29. The third-order valence-corrected chi connectivity index (χ3v) is 6.45. The highest BCUT2D eigenvalue weighted by Crippen LogP contribution is 2.61. The maximum Gasteiger partial charge on any atom is 0.288 e. The van der Waals surface area contributed by atoms with E-state index in [-0.39, 0.29) is 11.9 Å². The molecule has 7 heteroatoms. The molecule has 0 aliphatic heterocycles. The van der Waals surface area contributed by atoms with Crippen LogP contribution in [0.15, 0.2) is 43.8 Å². The Morgan fingerprint density at radius 3 is 2.81 bits per heavy atom. The van der Waals surface area contributed by atoms with Crippen molar-refractivity contribution in [2.45, 2.75) is 37.6 Å². The molecule has 2 fully saturated rings. The van der Waals surface area contributed by atoms with Crippen molar-refractivity contribution in [3.8, 4) is 0 Å². The van der Waals surface area contributed by atoms with E-state index in [1.165, 1.54) is 6.26 Å². The summed E-state index contributed by atoms with van der Waals surface area (Å²) < 4.78 is 11.8. The standard InChI is InChI=1S/C19H16BrClN2O3/c20-13-3-4-25-16(13)17(24)22-12-8-19(9-12)6-10(7-19)18-23-14-5-11(21)1-2-15(14)26-18/h1-5,10,12H,6-9H2,(H,22,24). The summed E-state index contributed by atoms with van der Waals surface area (Å²) in [7, 11) is 0. The van der Waals surface area contributed by atoms with Crippen LogP contribution in [0.2, 0.25) is 5.02 Å². The Labute approximate surface area is 163 Å². The van der Waals surface area contributed by atoms with Gasteiger partial charge in [-0.15, -0.1) is 0 Å². The SMILES string of the molecule is O=C(NC1CC2(C1)CC(c1nc3cc(Cl)ccc3o1)C2)c1occc1Br. The Morgan fingerprint density at radius 1 is 1.27 bits per heavy atom. The normalized spacial score (nSPS) is 27.3.